The molecule has 1 aromatic heterocycles. The number of hydrogen-bond donors (Lipinski definition) is 0. The van der Waals surface area contributed by atoms with E-state index in [4.69, 9.17) is 0 Å². The molecule has 0 fully saturated rings. The van der Waals surface area contributed by atoms with E-state index in [9.17, 15) is 0 Å². The molecule has 2 aliphatic rings. The van der Waals surface area contributed by atoms with Crippen molar-refractivity contribution in [2.24, 2.45) is 0 Å². The molecular formula is C65H43N3. The summed E-state index contributed by atoms with van der Waals surface area (Å²) in [5, 5.41) is 5.00. The van der Waals surface area contributed by atoms with E-state index in [0.717, 1.165) is 45.3 Å². The molecule has 0 N–H and O–H groups in total. The molecule has 0 saturated carbocycles. The van der Waals surface area contributed by atoms with Gasteiger partial charge < -0.3 is 14.4 Å². The molecule has 1 spiro atoms. The third-order valence-electron chi connectivity index (χ3n) is 14.6. The molecule has 1 aliphatic heterocycles. The molecule has 1 atom stereocenters. The van der Waals surface area contributed by atoms with Crippen LogP contribution in [-0.2, 0) is 5.41 Å². The van der Waals surface area contributed by atoms with Crippen LogP contribution in [0.1, 0.15) is 22.3 Å². The molecule has 3 heteroatoms. The van der Waals surface area contributed by atoms with Gasteiger partial charge in [0.1, 0.15) is 0 Å². The van der Waals surface area contributed by atoms with Crippen LogP contribution < -0.4 is 9.80 Å². The standard InChI is InChI=1S/C65H43N3/c1-3-19-47(20-4-1)66(49-37-33-44(34-38-49)45-35-39-50(40-36-45)67(48-21-5-2-6-22-48)61-32-15-18-46-17-7-8-23-52(46)61)51-41-42-54-53-24-9-11-27-57(53)65(60(54)43-51)58-28-12-14-31-63(58)68-62-30-13-10-25-55(62)56-26-16-29-59(65)64(56)68/h1-43H. The smallest absolute Gasteiger partial charge is 0.0755 e. The van der Waals surface area contributed by atoms with Gasteiger partial charge in [-0.15, -0.1) is 0 Å². The highest BCUT2D eigenvalue weighted by atomic mass is 15.1. The van der Waals surface area contributed by atoms with Crippen LogP contribution in [-0.4, -0.2) is 4.57 Å². The lowest BCUT2D eigenvalue weighted by molar-refractivity contribution is 0.748. The van der Waals surface area contributed by atoms with Gasteiger partial charge in [0.15, 0.2) is 0 Å². The largest absolute Gasteiger partial charge is 0.310 e. The van der Waals surface area contributed by atoms with Crippen molar-refractivity contribution in [3.63, 3.8) is 0 Å². The zero-order valence-corrected chi connectivity index (χ0v) is 37.2. The first-order valence-electron chi connectivity index (χ1n) is 23.5. The van der Waals surface area contributed by atoms with E-state index in [1.54, 1.807) is 0 Å². The Kier molecular flexibility index (Phi) is 8.50. The van der Waals surface area contributed by atoms with Crippen LogP contribution in [0.4, 0.5) is 34.1 Å². The molecule has 1 aliphatic carbocycles. The summed E-state index contributed by atoms with van der Waals surface area (Å²) in [5.74, 6) is 0. The number of benzene rings is 11. The summed E-state index contributed by atoms with van der Waals surface area (Å²) in [6.45, 7) is 0. The van der Waals surface area contributed by atoms with E-state index in [-0.39, 0.29) is 0 Å². The van der Waals surface area contributed by atoms with E-state index in [0.29, 0.717) is 0 Å². The van der Waals surface area contributed by atoms with Crippen molar-refractivity contribution in [2.45, 2.75) is 5.41 Å². The second-order valence-electron chi connectivity index (χ2n) is 18.0. The molecule has 68 heavy (non-hydrogen) atoms. The van der Waals surface area contributed by atoms with Crippen molar-refractivity contribution in [3.8, 4) is 27.9 Å². The van der Waals surface area contributed by atoms with Crippen LogP contribution in [0.5, 0.6) is 0 Å². The third kappa shape index (κ3) is 5.54. The fraction of sp³-hybridized carbons (Fsp3) is 0.0154. The van der Waals surface area contributed by atoms with Gasteiger partial charge in [0.25, 0.3) is 0 Å². The van der Waals surface area contributed by atoms with Crippen molar-refractivity contribution < 1.29 is 0 Å². The maximum atomic E-state index is 2.51. The molecule has 2 heterocycles. The van der Waals surface area contributed by atoms with Gasteiger partial charge in [-0.25, -0.2) is 0 Å². The maximum Gasteiger partial charge on any atom is 0.0755 e. The Balaban J connectivity index is 0.894. The number of aromatic nitrogens is 1. The van der Waals surface area contributed by atoms with Gasteiger partial charge in [-0.05, 0) is 129 Å². The quantitative estimate of drug-likeness (QED) is 0.158. The van der Waals surface area contributed by atoms with Crippen molar-refractivity contribution in [3.05, 3.63) is 283 Å². The second-order valence-corrected chi connectivity index (χ2v) is 18.0. The van der Waals surface area contributed by atoms with Gasteiger partial charge >= 0.3 is 0 Å². The van der Waals surface area contributed by atoms with Gasteiger partial charge in [-0.1, -0.05) is 182 Å². The lowest BCUT2D eigenvalue weighted by atomic mass is 9.65. The van der Waals surface area contributed by atoms with Crippen LogP contribution in [0.2, 0.25) is 0 Å². The fourth-order valence-corrected chi connectivity index (χ4v) is 11.7. The minimum absolute atomic E-state index is 0.537. The van der Waals surface area contributed by atoms with Gasteiger partial charge in [0, 0.05) is 44.6 Å². The fourth-order valence-electron chi connectivity index (χ4n) is 11.7. The number of hydrogen-bond acceptors (Lipinski definition) is 2. The Morgan fingerprint density at radius 1 is 0.309 bits per heavy atom. The van der Waals surface area contributed by atoms with Crippen molar-refractivity contribution in [1.29, 1.82) is 0 Å². The van der Waals surface area contributed by atoms with Crippen molar-refractivity contribution >= 4 is 66.7 Å². The van der Waals surface area contributed by atoms with Crippen molar-refractivity contribution in [2.75, 3.05) is 9.80 Å². The summed E-state index contributed by atoms with van der Waals surface area (Å²) in [6.07, 6.45) is 0. The van der Waals surface area contributed by atoms with Gasteiger partial charge in [0.05, 0.1) is 27.8 Å². The predicted octanol–water partition coefficient (Wildman–Crippen LogP) is 17.2. The van der Waals surface area contributed by atoms with Crippen LogP contribution in [0.3, 0.4) is 0 Å². The molecule has 0 saturated heterocycles. The monoisotopic (exact) mass is 865 g/mol. The second kappa shape index (κ2) is 15.1. The Labute approximate surface area is 395 Å². The van der Waals surface area contributed by atoms with Crippen LogP contribution in [0.15, 0.2) is 261 Å². The summed E-state index contributed by atoms with van der Waals surface area (Å²) in [7, 11) is 0. The first-order chi connectivity index (χ1) is 33.8. The van der Waals surface area contributed by atoms with Crippen LogP contribution >= 0.6 is 0 Å². The Morgan fingerprint density at radius 3 is 1.59 bits per heavy atom. The highest BCUT2D eigenvalue weighted by Gasteiger charge is 2.51. The molecule has 14 rings (SSSR count). The van der Waals surface area contributed by atoms with Gasteiger partial charge in [-0.3, -0.25) is 0 Å². The predicted molar refractivity (Wildman–Crippen MR) is 284 cm³/mol. The van der Waals surface area contributed by atoms with Gasteiger partial charge in [0.2, 0.25) is 0 Å². The number of rotatable bonds is 7. The van der Waals surface area contributed by atoms with Crippen LogP contribution in [0.25, 0.3) is 60.5 Å². The van der Waals surface area contributed by atoms with E-state index >= 15 is 0 Å². The van der Waals surface area contributed by atoms with Gasteiger partial charge in [-0.2, -0.15) is 0 Å². The minimum atomic E-state index is -0.537. The topological polar surface area (TPSA) is 11.4 Å². The van der Waals surface area contributed by atoms with E-state index < -0.39 is 5.41 Å². The van der Waals surface area contributed by atoms with Crippen LogP contribution in [0, 0.1) is 0 Å². The molecule has 3 nitrogen and oxygen atoms in total. The molecule has 1 unspecified atom stereocenters. The number of anilines is 6. The Hall–Kier alpha value is -8.92. The first kappa shape index (κ1) is 38.4. The first-order valence-corrected chi connectivity index (χ1v) is 23.5. The highest BCUT2D eigenvalue weighted by Crippen LogP contribution is 2.61. The maximum absolute atomic E-state index is 2.51. The normalized spacial score (nSPS) is 14.2. The van der Waals surface area contributed by atoms with Crippen molar-refractivity contribution in [1.82, 2.24) is 4.57 Å². The molecule has 12 aromatic rings. The summed E-state index contributed by atoms with van der Waals surface area (Å²) in [5.41, 5.74) is 20.1. The summed E-state index contributed by atoms with van der Waals surface area (Å²) in [6, 6.07) is 95.9. The highest BCUT2D eigenvalue weighted by molar-refractivity contribution is 6.13. The molecular weight excluding hydrogens is 823 g/mol. The third-order valence-corrected chi connectivity index (χ3v) is 14.6. The average Bonchev–Trinajstić information content (AvgIpc) is 3.90. The zero-order valence-electron chi connectivity index (χ0n) is 37.2. The van der Waals surface area contributed by atoms with E-state index in [2.05, 4.69) is 275 Å². The van der Waals surface area contributed by atoms with E-state index in [1.807, 2.05) is 0 Å². The Bertz CT molecular complexity index is 3900. The molecule has 0 amide bonds. The number of fused-ring (bicyclic) bond motifs is 13. The lowest BCUT2D eigenvalue weighted by Gasteiger charge is -2.40. The molecule has 11 aromatic carbocycles. The van der Waals surface area contributed by atoms with E-state index in [1.165, 1.54) is 71.6 Å². The SMILES string of the molecule is c1ccc(N(c2ccc(-c3ccc(N(c4ccccc4)c4cccc5ccccc45)cc3)cc2)c2ccc3c(c2)C2(c4ccccc4-3)c3ccccc3-n3c4ccccc4c4cccc2c43)cc1. The zero-order chi connectivity index (χ0) is 44.8. The molecule has 318 valence electrons. The summed E-state index contributed by atoms with van der Waals surface area (Å²) in [4.78, 5) is 4.77. The Morgan fingerprint density at radius 2 is 0.824 bits per heavy atom. The lowest BCUT2D eigenvalue weighted by Crippen LogP contribution is -2.33. The average molecular weight is 866 g/mol. The number of para-hydroxylation sites is 5. The summed E-state index contributed by atoms with van der Waals surface area (Å²) < 4.78 is 2.51. The minimum Gasteiger partial charge on any atom is -0.310 e. The summed E-state index contributed by atoms with van der Waals surface area (Å²) >= 11 is 0. The molecule has 0 radical (unpaired) electrons. The number of nitrogens with zero attached hydrogens (tertiary/aromatic N) is 3. The molecule has 0 bridgehead atoms.